The van der Waals surface area contributed by atoms with Gasteiger partial charge in [0.1, 0.15) is 0 Å². The molecule has 0 aromatic heterocycles. The van der Waals surface area contributed by atoms with Crippen LogP contribution in [0.1, 0.15) is 28.4 Å². The van der Waals surface area contributed by atoms with Crippen LogP contribution in [-0.2, 0) is 6.18 Å². The van der Waals surface area contributed by atoms with Crippen LogP contribution in [0.2, 0.25) is 0 Å². The Morgan fingerprint density at radius 1 is 1.20 bits per heavy atom. The van der Waals surface area contributed by atoms with Gasteiger partial charge in [0.25, 0.3) is 0 Å². The van der Waals surface area contributed by atoms with E-state index < -0.39 is 11.7 Å². The quantitative estimate of drug-likeness (QED) is 0.644. The molecule has 0 aliphatic heterocycles. The van der Waals surface area contributed by atoms with Gasteiger partial charge in [-0.25, -0.2) is 0 Å². The first-order valence-electron chi connectivity index (χ1n) is 4.34. The zero-order valence-electron chi connectivity index (χ0n) is 7.85. The van der Waals surface area contributed by atoms with E-state index in [0.29, 0.717) is 5.57 Å². The van der Waals surface area contributed by atoms with Crippen LogP contribution in [0.15, 0.2) is 23.8 Å². The number of alkyl halides is 3. The van der Waals surface area contributed by atoms with Crippen LogP contribution in [0.5, 0.6) is 0 Å². The van der Waals surface area contributed by atoms with Gasteiger partial charge in [0.2, 0.25) is 0 Å². The summed E-state index contributed by atoms with van der Waals surface area (Å²) in [6.07, 6.45) is -3.12. The van der Waals surface area contributed by atoms with Crippen LogP contribution in [0.25, 0.3) is 6.08 Å². The van der Waals surface area contributed by atoms with Crippen molar-refractivity contribution >= 4 is 11.9 Å². The molecule has 0 atom stereocenters. The van der Waals surface area contributed by atoms with Gasteiger partial charge in [-0.2, -0.15) is 13.2 Å². The largest absolute Gasteiger partial charge is 0.417 e. The van der Waals surface area contributed by atoms with Gasteiger partial charge in [-0.15, -0.1) is 0 Å². The minimum absolute atomic E-state index is 0.00694. The van der Waals surface area contributed by atoms with Crippen LogP contribution in [0, 0.1) is 0 Å². The molecule has 2 rings (SSSR count). The number of halogens is 3. The zero-order chi connectivity index (χ0) is 11.2. The molecule has 0 saturated heterocycles. The van der Waals surface area contributed by atoms with E-state index in [0.717, 1.165) is 6.07 Å². The average Bonchev–Trinajstić information content (AvgIpc) is 2.41. The predicted octanol–water partition coefficient (Wildman–Crippen LogP) is 3.31. The van der Waals surface area contributed by atoms with Crippen molar-refractivity contribution in [2.24, 2.45) is 0 Å². The monoisotopic (exact) mass is 212 g/mol. The highest BCUT2D eigenvalue weighted by atomic mass is 19.4. The maximum Gasteiger partial charge on any atom is 0.417 e. The molecule has 4 heteroatoms. The van der Waals surface area contributed by atoms with Gasteiger partial charge in [0.15, 0.2) is 5.78 Å². The highest BCUT2D eigenvalue weighted by Gasteiger charge is 2.36. The summed E-state index contributed by atoms with van der Waals surface area (Å²) in [5.41, 5.74) is -0.262. The molecule has 0 spiro atoms. The Morgan fingerprint density at radius 2 is 1.87 bits per heavy atom. The number of carbonyl (C=O) groups excluding carboxylic acids is 1. The number of fused-ring (bicyclic) bond motifs is 1. The van der Waals surface area contributed by atoms with Crippen LogP contribution >= 0.6 is 0 Å². The number of hydrogen-bond acceptors (Lipinski definition) is 1. The molecule has 0 radical (unpaired) electrons. The molecule has 0 unspecified atom stereocenters. The van der Waals surface area contributed by atoms with Crippen molar-refractivity contribution in [2.75, 3.05) is 0 Å². The first-order chi connectivity index (χ1) is 6.91. The molecular weight excluding hydrogens is 205 g/mol. The molecule has 0 bridgehead atoms. The van der Waals surface area contributed by atoms with E-state index in [9.17, 15) is 18.0 Å². The fraction of sp³-hybridized carbons (Fsp3) is 0.182. The number of hydrogen-bond donors (Lipinski definition) is 0. The third kappa shape index (κ3) is 1.46. The third-order valence-electron chi connectivity index (χ3n) is 2.38. The maximum absolute atomic E-state index is 12.6. The van der Waals surface area contributed by atoms with Gasteiger partial charge in [-0.3, -0.25) is 4.79 Å². The molecule has 1 aromatic carbocycles. The van der Waals surface area contributed by atoms with Crippen molar-refractivity contribution in [3.05, 3.63) is 40.5 Å². The summed E-state index contributed by atoms with van der Waals surface area (Å²) in [7, 11) is 0. The highest BCUT2D eigenvalue weighted by Crippen LogP contribution is 2.37. The Labute approximate surface area is 84.2 Å². The Hall–Kier alpha value is -1.58. The summed E-state index contributed by atoms with van der Waals surface area (Å²) >= 11 is 0. The van der Waals surface area contributed by atoms with Gasteiger partial charge in [-0.05, 0) is 30.2 Å². The summed E-state index contributed by atoms with van der Waals surface area (Å²) in [6, 6.07) is 3.66. The second kappa shape index (κ2) is 2.95. The van der Waals surface area contributed by atoms with Crippen molar-refractivity contribution in [1.29, 1.82) is 0 Å². The molecule has 1 nitrogen and oxygen atoms in total. The molecule has 1 aliphatic rings. The average molecular weight is 212 g/mol. The molecule has 0 heterocycles. The topological polar surface area (TPSA) is 17.1 Å². The number of benzene rings is 1. The third-order valence-corrected chi connectivity index (χ3v) is 2.38. The second-order valence-electron chi connectivity index (χ2n) is 3.42. The van der Waals surface area contributed by atoms with Crippen molar-refractivity contribution in [2.45, 2.75) is 13.1 Å². The van der Waals surface area contributed by atoms with Crippen LogP contribution in [0.3, 0.4) is 0 Å². The first kappa shape index (κ1) is 9.96. The molecule has 0 N–H and O–H groups in total. The molecular formula is C11H7F3O. The number of Topliss-reactive ketones (excluding diaryl/α,β-unsaturated/α-hetero) is 1. The van der Waals surface area contributed by atoms with Gasteiger partial charge >= 0.3 is 6.18 Å². The van der Waals surface area contributed by atoms with Crippen LogP contribution in [-0.4, -0.2) is 5.78 Å². The summed E-state index contributed by atoms with van der Waals surface area (Å²) < 4.78 is 37.7. The van der Waals surface area contributed by atoms with Crippen molar-refractivity contribution in [3.63, 3.8) is 0 Å². The first-order valence-corrected chi connectivity index (χ1v) is 4.34. The molecule has 1 aliphatic carbocycles. The SMILES string of the molecule is CC1=Cc2c(cccc2C(F)(F)F)C1=O. The van der Waals surface area contributed by atoms with Crippen molar-refractivity contribution in [3.8, 4) is 0 Å². The zero-order valence-corrected chi connectivity index (χ0v) is 7.85. The lowest BCUT2D eigenvalue weighted by Crippen LogP contribution is -2.08. The molecule has 0 amide bonds. The number of rotatable bonds is 0. The van der Waals surface area contributed by atoms with E-state index >= 15 is 0 Å². The lowest BCUT2D eigenvalue weighted by Gasteiger charge is -2.09. The number of carbonyl (C=O) groups is 1. The normalized spacial score (nSPS) is 15.2. The van der Waals surface area contributed by atoms with E-state index in [2.05, 4.69) is 0 Å². The van der Waals surface area contributed by atoms with Crippen LogP contribution < -0.4 is 0 Å². The Morgan fingerprint density at radius 3 is 2.47 bits per heavy atom. The van der Waals surface area contributed by atoms with E-state index in [1.54, 1.807) is 0 Å². The summed E-state index contributed by atoms with van der Waals surface area (Å²) in [5, 5.41) is 0. The maximum atomic E-state index is 12.6. The Bertz CT molecular complexity index is 469. The van der Waals surface area contributed by atoms with E-state index in [-0.39, 0.29) is 16.9 Å². The smallest absolute Gasteiger partial charge is 0.289 e. The van der Waals surface area contributed by atoms with E-state index in [4.69, 9.17) is 0 Å². The second-order valence-corrected chi connectivity index (χ2v) is 3.42. The van der Waals surface area contributed by atoms with Gasteiger partial charge in [0.05, 0.1) is 5.56 Å². The summed E-state index contributed by atoms with van der Waals surface area (Å²) in [5.74, 6) is -0.323. The minimum atomic E-state index is -4.41. The summed E-state index contributed by atoms with van der Waals surface area (Å²) in [6.45, 7) is 1.52. The lowest BCUT2D eigenvalue weighted by molar-refractivity contribution is -0.137. The summed E-state index contributed by atoms with van der Waals surface area (Å²) in [4.78, 5) is 11.4. The van der Waals surface area contributed by atoms with Crippen molar-refractivity contribution < 1.29 is 18.0 Å². The molecule has 78 valence electrons. The molecule has 15 heavy (non-hydrogen) atoms. The Kier molecular flexibility index (Phi) is 1.96. The van der Waals surface area contributed by atoms with E-state index in [1.165, 1.54) is 25.1 Å². The van der Waals surface area contributed by atoms with Crippen LogP contribution in [0.4, 0.5) is 13.2 Å². The van der Waals surface area contributed by atoms with Gasteiger partial charge < -0.3 is 0 Å². The van der Waals surface area contributed by atoms with Crippen molar-refractivity contribution in [1.82, 2.24) is 0 Å². The standard InChI is InChI=1S/C11H7F3O/c1-6-5-8-7(10(6)15)3-2-4-9(8)11(12,13)14/h2-5H,1H3. The fourth-order valence-corrected chi connectivity index (χ4v) is 1.66. The molecule has 0 saturated carbocycles. The number of ketones is 1. The minimum Gasteiger partial charge on any atom is -0.289 e. The highest BCUT2D eigenvalue weighted by molar-refractivity contribution is 6.17. The predicted molar refractivity (Wildman–Crippen MR) is 49.4 cm³/mol. The van der Waals surface area contributed by atoms with Gasteiger partial charge in [0, 0.05) is 5.56 Å². The fourth-order valence-electron chi connectivity index (χ4n) is 1.66. The lowest BCUT2D eigenvalue weighted by atomic mass is 10.0. The Balaban J connectivity index is 2.68. The van der Waals surface area contributed by atoms with E-state index in [1.807, 2.05) is 0 Å². The molecule has 0 fully saturated rings. The van der Waals surface area contributed by atoms with Gasteiger partial charge in [-0.1, -0.05) is 12.1 Å². The molecule has 1 aromatic rings. The number of allylic oxidation sites excluding steroid dienone is 1.